The average Bonchev–Trinajstić information content (AvgIpc) is 2.84. The molecule has 1 aliphatic heterocycles. The van der Waals surface area contributed by atoms with Crippen molar-refractivity contribution >= 4 is 40.7 Å². The summed E-state index contributed by atoms with van der Waals surface area (Å²) in [5.74, 6) is -0.928. The van der Waals surface area contributed by atoms with E-state index in [1.54, 1.807) is 0 Å². The van der Waals surface area contributed by atoms with Crippen molar-refractivity contribution in [2.45, 2.75) is 47.7 Å². The van der Waals surface area contributed by atoms with Crippen LogP contribution in [0.2, 0.25) is 0 Å². The van der Waals surface area contributed by atoms with Gasteiger partial charge in [-0.15, -0.1) is 6.58 Å². The maximum atomic E-state index is 12.4. The van der Waals surface area contributed by atoms with Crippen LogP contribution in [0.1, 0.15) is 11.1 Å². The Bertz CT molecular complexity index is 928. The van der Waals surface area contributed by atoms with E-state index in [9.17, 15) is 9.90 Å². The number of hydrogen-bond donors (Lipinski definition) is 2. The zero-order valence-electron chi connectivity index (χ0n) is 18.9. The van der Waals surface area contributed by atoms with Crippen molar-refractivity contribution in [1.29, 1.82) is 0 Å². The lowest BCUT2D eigenvalue weighted by Gasteiger charge is -2.44. The number of aliphatic hydroxyl groups is 1. The highest BCUT2D eigenvalue weighted by molar-refractivity contribution is 6.76. The maximum Gasteiger partial charge on any atom is 0.272 e. The molecular formula is C25H28Cl3NO6. The number of hydrogen-bond acceptors (Lipinski definition) is 6. The molecule has 1 heterocycles. The summed E-state index contributed by atoms with van der Waals surface area (Å²) >= 11 is 17.2. The molecule has 0 unspecified atom stereocenters. The molecule has 190 valence electrons. The number of carbonyl (C=O) groups excluding carboxylic acids is 1. The number of aliphatic hydroxyl groups excluding tert-OH is 1. The summed E-state index contributed by atoms with van der Waals surface area (Å²) in [4.78, 5) is 12.4. The summed E-state index contributed by atoms with van der Waals surface area (Å²) in [6, 6.07) is 18.0. The summed E-state index contributed by atoms with van der Waals surface area (Å²) in [5, 5.41) is 13.8. The fourth-order valence-corrected chi connectivity index (χ4v) is 3.75. The van der Waals surface area contributed by atoms with Gasteiger partial charge in [0.2, 0.25) is 0 Å². The zero-order valence-corrected chi connectivity index (χ0v) is 21.2. The van der Waals surface area contributed by atoms with E-state index in [1.165, 1.54) is 6.08 Å². The van der Waals surface area contributed by atoms with Gasteiger partial charge in [-0.2, -0.15) is 0 Å². The van der Waals surface area contributed by atoms with Crippen LogP contribution in [0.25, 0.3) is 0 Å². The molecule has 2 aromatic rings. The minimum atomic E-state index is -2.24. The largest absolute Gasteiger partial charge is 0.388 e. The van der Waals surface area contributed by atoms with E-state index >= 15 is 0 Å². The van der Waals surface area contributed by atoms with Gasteiger partial charge in [0.15, 0.2) is 6.29 Å². The number of rotatable bonds is 11. The number of nitrogens with one attached hydrogen (secondary N) is 1. The van der Waals surface area contributed by atoms with Crippen molar-refractivity contribution in [3.05, 3.63) is 84.4 Å². The molecule has 35 heavy (non-hydrogen) atoms. The highest BCUT2D eigenvalue weighted by Crippen LogP contribution is 2.30. The van der Waals surface area contributed by atoms with Crippen molar-refractivity contribution in [1.82, 2.24) is 5.32 Å². The Kier molecular flexibility index (Phi) is 10.8. The lowest BCUT2D eigenvalue weighted by atomic mass is 9.96. The SMILES string of the molecule is C=CCO[C@@H]1O[C@H](COCc2ccccc2)[C@@H](OCc2ccccc2)[C@H](O)[C@H]1NC(=O)C(Cl)(Cl)Cl. The van der Waals surface area contributed by atoms with E-state index in [4.69, 9.17) is 53.8 Å². The Morgan fingerprint density at radius 2 is 1.63 bits per heavy atom. The van der Waals surface area contributed by atoms with Gasteiger partial charge in [-0.25, -0.2) is 0 Å². The van der Waals surface area contributed by atoms with Gasteiger partial charge in [-0.05, 0) is 11.1 Å². The average molecular weight is 545 g/mol. The predicted molar refractivity (Wildman–Crippen MR) is 134 cm³/mol. The van der Waals surface area contributed by atoms with E-state index < -0.39 is 40.3 Å². The third-order valence-electron chi connectivity index (χ3n) is 5.29. The summed E-state index contributed by atoms with van der Waals surface area (Å²) in [7, 11) is 0. The first-order valence-corrected chi connectivity index (χ1v) is 12.1. The van der Waals surface area contributed by atoms with Gasteiger partial charge in [0.25, 0.3) is 9.70 Å². The lowest BCUT2D eigenvalue weighted by molar-refractivity contribution is -0.280. The van der Waals surface area contributed by atoms with Gasteiger partial charge in [0.1, 0.15) is 24.4 Å². The third-order valence-corrected chi connectivity index (χ3v) is 5.80. The molecule has 10 heteroatoms. The molecule has 0 aromatic heterocycles. The second-order valence-electron chi connectivity index (χ2n) is 7.91. The molecule has 2 N–H and O–H groups in total. The van der Waals surface area contributed by atoms with Gasteiger partial charge < -0.3 is 29.4 Å². The third kappa shape index (κ3) is 8.44. The fourth-order valence-electron chi connectivity index (χ4n) is 3.59. The Morgan fingerprint density at radius 3 is 2.20 bits per heavy atom. The van der Waals surface area contributed by atoms with Crippen LogP contribution in [0, 0.1) is 0 Å². The number of halogens is 3. The van der Waals surface area contributed by atoms with Crippen LogP contribution in [0.5, 0.6) is 0 Å². The highest BCUT2D eigenvalue weighted by atomic mass is 35.6. The van der Waals surface area contributed by atoms with Crippen molar-refractivity contribution < 1.29 is 28.8 Å². The Hall–Kier alpha value is -1.68. The number of benzene rings is 2. The molecule has 0 saturated carbocycles. The number of carbonyl (C=O) groups is 1. The molecule has 7 nitrogen and oxygen atoms in total. The molecule has 1 saturated heterocycles. The molecular weight excluding hydrogens is 517 g/mol. The van der Waals surface area contributed by atoms with Gasteiger partial charge in [0.05, 0.1) is 26.4 Å². The normalized spacial score (nSPS) is 24.6. The van der Waals surface area contributed by atoms with Gasteiger partial charge in [0, 0.05) is 0 Å². The summed E-state index contributed by atoms with van der Waals surface area (Å²) in [6.07, 6.45) is -2.41. The molecule has 0 aliphatic carbocycles. The fraction of sp³-hybridized carbons (Fsp3) is 0.400. The van der Waals surface area contributed by atoms with Crippen LogP contribution in [-0.4, -0.2) is 58.7 Å². The highest BCUT2D eigenvalue weighted by Gasteiger charge is 2.48. The quantitative estimate of drug-likeness (QED) is 0.329. The smallest absolute Gasteiger partial charge is 0.272 e. The van der Waals surface area contributed by atoms with Crippen LogP contribution in [-0.2, 0) is 37.0 Å². The minimum absolute atomic E-state index is 0.102. The zero-order chi connectivity index (χ0) is 25.3. The first-order chi connectivity index (χ1) is 16.8. The van der Waals surface area contributed by atoms with Gasteiger partial charge in [-0.3, -0.25) is 4.79 Å². The molecule has 1 fully saturated rings. The Labute approximate surface area is 219 Å². The Morgan fingerprint density at radius 1 is 1.03 bits per heavy atom. The van der Waals surface area contributed by atoms with Crippen LogP contribution < -0.4 is 5.32 Å². The molecule has 5 atom stereocenters. The molecule has 3 rings (SSSR count). The van der Waals surface area contributed by atoms with E-state index in [1.807, 2.05) is 60.7 Å². The second kappa shape index (κ2) is 13.6. The van der Waals surface area contributed by atoms with E-state index in [0.29, 0.717) is 6.61 Å². The van der Waals surface area contributed by atoms with Gasteiger partial charge >= 0.3 is 0 Å². The standard InChI is InChI=1S/C25H28Cl3NO6/c1-2-13-33-23-20(29-24(31)25(26,27)28)21(30)22(34-15-18-11-7-4-8-12-18)19(35-23)16-32-14-17-9-5-3-6-10-17/h2-12,19-23,30H,1,13-16H2,(H,29,31)/t19-,20-,21-,22-,23-/m1/s1. The van der Waals surface area contributed by atoms with Crippen molar-refractivity contribution in [3.63, 3.8) is 0 Å². The van der Waals surface area contributed by atoms with Crippen LogP contribution in [0.15, 0.2) is 73.3 Å². The molecule has 1 aliphatic rings. The maximum absolute atomic E-state index is 12.4. The van der Waals surface area contributed by atoms with Crippen molar-refractivity contribution in [2.75, 3.05) is 13.2 Å². The summed E-state index contributed by atoms with van der Waals surface area (Å²) < 4.78 is 21.5. The predicted octanol–water partition coefficient (Wildman–Crippen LogP) is 3.93. The van der Waals surface area contributed by atoms with Crippen LogP contribution in [0.4, 0.5) is 0 Å². The first kappa shape index (κ1) is 27.9. The lowest BCUT2D eigenvalue weighted by Crippen LogP contribution is -2.66. The van der Waals surface area contributed by atoms with Crippen LogP contribution >= 0.6 is 34.8 Å². The topological polar surface area (TPSA) is 86.2 Å². The second-order valence-corrected chi connectivity index (χ2v) is 10.2. The molecule has 0 bridgehead atoms. The Balaban J connectivity index is 1.77. The number of ether oxygens (including phenoxy) is 4. The molecule has 0 spiro atoms. The molecule has 1 amide bonds. The minimum Gasteiger partial charge on any atom is -0.388 e. The number of amides is 1. The van der Waals surface area contributed by atoms with Crippen LogP contribution in [0.3, 0.4) is 0 Å². The van der Waals surface area contributed by atoms with Gasteiger partial charge in [-0.1, -0.05) is 102 Å². The van der Waals surface area contributed by atoms with E-state index in [2.05, 4.69) is 11.9 Å². The van der Waals surface area contributed by atoms with E-state index in [0.717, 1.165) is 11.1 Å². The summed E-state index contributed by atoms with van der Waals surface area (Å²) in [6.45, 7) is 4.37. The number of alkyl halides is 3. The molecule has 2 aromatic carbocycles. The van der Waals surface area contributed by atoms with Crippen molar-refractivity contribution in [3.8, 4) is 0 Å². The first-order valence-electron chi connectivity index (χ1n) is 11.0. The monoisotopic (exact) mass is 543 g/mol. The van der Waals surface area contributed by atoms with E-state index in [-0.39, 0.29) is 19.8 Å². The van der Waals surface area contributed by atoms with Crippen molar-refractivity contribution in [2.24, 2.45) is 0 Å². The molecule has 0 radical (unpaired) electrons. The summed E-state index contributed by atoms with van der Waals surface area (Å²) in [5.41, 5.74) is 1.88.